The fraction of sp³-hybridized carbons (Fsp3) is 0.778. The van der Waals surface area contributed by atoms with Gasteiger partial charge in [0, 0.05) is 25.7 Å². The Hall–Kier alpha value is -3.76. The number of carbonyl (C=O) groups is 4. The van der Waals surface area contributed by atoms with Gasteiger partial charge in [-0.3, -0.25) is 37.3 Å². The van der Waals surface area contributed by atoms with Crippen molar-refractivity contribution in [3.05, 3.63) is 85.1 Å². The standard InChI is InChI=1S/C81H144O17P2/c1-5-9-13-17-21-25-29-31-33-35-37-39-41-43-47-49-53-57-61-65-78(83)91-71-76(97-80(85)67-63-59-55-51-45-27-23-19-15-11-7-3)73-95-99(87,88)93-69-75(82)70-94-100(89,90)96-74-77(98-81(86)68-64-60-56-52-46-28-24-20-16-12-8-4)72-92-79(84)66-62-58-54-50-48-44-42-40-38-36-34-32-30-26-22-18-14-10-6-2/h19,21-23,25-26,31-34,37-40,75-77,82H,5-18,20,24,27-30,35-36,41-74H2,1-4H3,(H,87,88)(H,89,90)/b23-19-,25-21-,26-22-,33-31-,34-32-,39-37-,40-38-. The Kier molecular flexibility index (Phi) is 70.8. The number of ether oxygens (including phenoxy) is 4. The fourth-order valence-corrected chi connectivity index (χ4v) is 12.3. The highest BCUT2D eigenvalue weighted by Gasteiger charge is 2.30. The zero-order chi connectivity index (χ0) is 73.2. The van der Waals surface area contributed by atoms with Crippen molar-refractivity contribution in [1.82, 2.24) is 0 Å². The zero-order valence-electron chi connectivity index (χ0n) is 63.4. The lowest BCUT2D eigenvalue weighted by Gasteiger charge is -2.21. The molecule has 0 radical (unpaired) electrons. The Morgan fingerprint density at radius 3 is 0.810 bits per heavy atom. The Bertz CT molecular complexity index is 2230. The van der Waals surface area contributed by atoms with Gasteiger partial charge in [0.05, 0.1) is 26.4 Å². The molecule has 0 aromatic heterocycles. The summed E-state index contributed by atoms with van der Waals surface area (Å²) in [4.78, 5) is 72.9. The number of phosphoric ester groups is 2. The van der Waals surface area contributed by atoms with E-state index in [0.717, 1.165) is 180 Å². The van der Waals surface area contributed by atoms with Crippen molar-refractivity contribution in [2.75, 3.05) is 39.6 Å². The first-order valence-electron chi connectivity index (χ1n) is 39.8. The molecule has 0 amide bonds. The molecule has 5 unspecified atom stereocenters. The van der Waals surface area contributed by atoms with Gasteiger partial charge in [-0.2, -0.15) is 0 Å². The van der Waals surface area contributed by atoms with Gasteiger partial charge in [0.25, 0.3) is 0 Å². The molecule has 0 rings (SSSR count). The Balaban J connectivity index is 5.26. The van der Waals surface area contributed by atoms with Gasteiger partial charge in [-0.05, 0) is 122 Å². The summed E-state index contributed by atoms with van der Waals surface area (Å²) in [5.41, 5.74) is 0. The highest BCUT2D eigenvalue weighted by Crippen LogP contribution is 2.45. The molecule has 0 fully saturated rings. The smallest absolute Gasteiger partial charge is 0.462 e. The number of aliphatic hydroxyl groups excluding tert-OH is 1. The van der Waals surface area contributed by atoms with Gasteiger partial charge in [-0.15, -0.1) is 0 Å². The van der Waals surface area contributed by atoms with Crippen LogP contribution in [0.5, 0.6) is 0 Å². The van der Waals surface area contributed by atoms with Crippen molar-refractivity contribution in [2.24, 2.45) is 0 Å². The SMILES string of the molecule is CCCC/C=C\CCCCCCCC(=O)OC(COC(=O)CCCCCCCC/C=C\C/C=C\C/C=C\CCCCC)COP(=O)(O)OCC(O)COP(=O)(O)OCC(COC(=O)CCCCCCCC/C=C\C/C=C\C/C=C\CCCCC)OC(=O)CCCCCCCCCCCCC. The van der Waals surface area contributed by atoms with Crippen molar-refractivity contribution in [2.45, 2.75) is 367 Å². The summed E-state index contributed by atoms with van der Waals surface area (Å²) in [7, 11) is -9.95. The van der Waals surface area contributed by atoms with Gasteiger partial charge < -0.3 is 33.8 Å². The molecule has 5 atom stereocenters. The van der Waals surface area contributed by atoms with Crippen molar-refractivity contribution in [1.29, 1.82) is 0 Å². The number of esters is 4. The highest BCUT2D eigenvalue weighted by atomic mass is 31.2. The second kappa shape index (κ2) is 73.5. The molecule has 0 spiro atoms. The van der Waals surface area contributed by atoms with Crippen LogP contribution in [0.25, 0.3) is 0 Å². The highest BCUT2D eigenvalue weighted by molar-refractivity contribution is 7.47. The molecule has 0 aliphatic rings. The molecule has 0 aliphatic carbocycles. The minimum absolute atomic E-state index is 0.0829. The molecular weight excluding hydrogens is 1310 g/mol. The van der Waals surface area contributed by atoms with Gasteiger partial charge >= 0.3 is 39.5 Å². The van der Waals surface area contributed by atoms with E-state index in [9.17, 15) is 43.2 Å². The number of carbonyl (C=O) groups excluding carboxylic acids is 4. The average molecular weight is 1450 g/mol. The molecule has 0 aromatic rings. The third-order valence-corrected chi connectivity index (χ3v) is 18.7. The second-order valence-electron chi connectivity index (χ2n) is 26.7. The molecule has 17 nitrogen and oxygen atoms in total. The summed E-state index contributed by atoms with van der Waals surface area (Å²) >= 11 is 0. The van der Waals surface area contributed by atoms with E-state index in [2.05, 4.69) is 113 Å². The summed E-state index contributed by atoms with van der Waals surface area (Å²) in [6.07, 6.45) is 75.7. The first-order chi connectivity index (χ1) is 48.7. The number of rotatable bonds is 75. The van der Waals surface area contributed by atoms with Crippen LogP contribution in [0.1, 0.15) is 349 Å². The van der Waals surface area contributed by atoms with E-state index in [4.69, 9.17) is 37.0 Å². The van der Waals surface area contributed by atoms with Gasteiger partial charge in [0.15, 0.2) is 12.2 Å². The summed E-state index contributed by atoms with van der Waals surface area (Å²) in [5, 5.41) is 10.6. The third-order valence-electron chi connectivity index (χ3n) is 16.8. The molecule has 3 N–H and O–H groups in total. The van der Waals surface area contributed by atoms with Crippen LogP contribution >= 0.6 is 15.6 Å². The quantitative estimate of drug-likeness (QED) is 0.0169. The molecule has 0 saturated carbocycles. The molecule has 0 saturated heterocycles. The number of unbranched alkanes of at least 4 members (excludes halogenated alkanes) is 35. The van der Waals surface area contributed by atoms with Gasteiger partial charge in [-0.1, -0.05) is 286 Å². The third kappa shape index (κ3) is 72.6. The Labute approximate surface area is 608 Å². The van der Waals surface area contributed by atoms with Gasteiger partial charge in [-0.25, -0.2) is 9.13 Å². The monoisotopic (exact) mass is 1450 g/mol. The average Bonchev–Trinajstić information content (AvgIpc) is 0.929. The molecular formula is C81H144O17P2. The number of aliphatic hydroxyl groups is 1. The van der Waals surface area contributed by atoms with E-state index in [-0.39, 0.29) is 25.7 Å². The summed E-state index contributed by atoms with van der Waals surface area (Å²) in [6.45, 7) is 4.77. The van der Waals surface area contributed by atoms with Crippen LogP contribution in [0.2, 0.25) is 0 Å². The van der Waals surface area contributed by atoms with Crippen molar-refractivity contribution >= 4 is 39.5 Å². The van der Waals surface area contributed by atoms with Crippen molar-refractivity contribution in [3.8, 4) is 0 Å². The fourth-order valence-electron chi connectivity index (χ4n) is 10.7. The Morgan fingerprint density at radius 1 is 0.280 bits per heavy atom. The van der Waals surface area contributed by atoms with Crippen LogP contribution < -0.4 is 0 Å². The minimum Gasteiger partial charge on any atom is -0.462 e. The number of hydrogen-bond donors (Lipinski definition) is 3. The van der Waals surface area contributed by atoms with Crippen LogP contribution in [0.15, 0.2) is 85.1 Å². The van der Waals surface area contributed by atoms with E-state index in [1.807, 2.05) is 0 Å². The largest absolute Gasteiger partial charge is 0.472 e. The number of phosphoric acid groups is 2. The molecule has 0 heterocycles. The molecule has 0 aromatic carbocycles. The van der Waals surface area contributed by atoms with E-state index < -0.39 is 97.5 Å². The lowest BCUT2D eigenvalue weighted by molar-refractivity contribution is -0.161. The van der Waals surface area contributed by atoms with E-state index in [1.165, 1.54) is 89.9 Å². The van der Waals surface area contributed by atoms with E-state index >= 15 is 0 Å². The summed E-state index contributed by atoms with van der Waals surface area (Å²) in [6, 6.07) is 0. The molecule has 19 heteroatoms. The van der Waals surface area contributed by atoms with Crippen LogP contribution in [-0.4, -0.2) is 96.7 Å². The van der Waals surface area contributed by atoms with Crippen LogP contribution in [0.3, 0.4) is 0 Å². The van der Waals surface area contributed by atoms with Crippen LogP contribution in [0.4, 0.5) is 0 Å². The summed E-state index contributed by atoms with van der Waals surface area (Å²) < 4.78 is 68.5. The van der Waals surface area contributed by atoms with Gasteiger partial charge in [0.2, 0.25) is 0 Å². The topological polar surface area (TPSA) is 237 Å². The van der Waals surface area contributed by atoms with E-state index in [1.54, 1.807) is 0 Å². The normalized spacial score (nSPS) is 14.3. The Morgan fingerprint density at radius 2 is 0.500 bits per heavy atom. The molecule has 0 bridgehead atoms. The molecule has 0 aliphatic heterocycles. The predicted molar refractivity (Wildman–Crippen MR) is 409 cm³/mol. The molecule has 580 valence electrons. The first-order valence-corrected chi connectivity index (χ1v) is 42.8. The maximum Gasteiger partial charge on any atom is 0.472 e. The van der Waals surface area contributed by atoms with Gasteiger partial charge in [0.1, 0.15) is 19.3 Å². The number of allylic oxidation sites excluding steroid dienone is 14. The zero-order valence-corrected chi connectivity index (χ0v) is 65.2. The lowest BCUT2D eigenvalue weighted by atomic mass is 10.1. The second-order valence-corrected chi connectivity index (χ2v) is 29.6. The number of hydrogen-bond acceptors (Lipinski definition) is 15. The van der Waals surface area contributed by atoms with Crippen molar-refractivity contribution < 1.29 is 80.2 Å². The van der Waals surface area contributed by atoms with Crippen LogP contribution in [-0.2, 0) is 65.4 Å². The minimum atomic E-state index is -4.97. The predicted octanol–water partition coefficient (Wildman–Crippen LogP) is 23.0. The maximum absolute atomic E-state index is 13.1. The molecule has 100 heavy (non-hydrogen) atoms. The maximum atomic E-state index is 13.1. The van der Waals surface area contributed by atoms with E-state index in [0.29, 0.717) is 25.7 Å². The van der Waals surface area contributed by atoms with Crippen LogP contribution in [0, 0.1) is 0 Å². The van der Waals surface area contributed by atoms with Crippen molar-refractivity contribution in [3.63, 3.8) is 0 Å². The lowest BCUT2D eigenvalue weighted by Crippen LogP contribution is -2.30. The first kappa shape index (κ1) is 96.2. The summed E-state index contributed by atoms with van der Waals surface area (Å²) in [5.74, 6) is -2.19.